The van der Waals surface area contributed by atoms with E-state index in [1.807, 2.05) is 6.92 Å². The maximum atomic E-state index is 5.57. The van der Waals surface area contributed by atoms with E-state index in [9.17, 15) is 0 Å². The minimum Gasteiger partial charge on any atom is -0.394 e. The number of hydrogen-bond donors (Lipinski definition) is 3. The van der Waals surface area contributed by atoms with Crippen molar-refractivity contribution in [2.45, 2.75) is 13.1 Å². The van der Waals surface area contributed by atoms with Crippen LogP contribution in [0.25, 0.3) is 0 Å². The number of nitrogen functional groups attached to an aromatic ring is 1. The summed E-state index contributed by atoms with van der Waals surface area (Å²) in [7, 11) is 0. The SMILES string of the molecule is CC1NNc2c(N)cnn21. The molecule has 5 nitrogen and oxygen atoms in total. The molecule has 54 valence electrons. The van der Waals surface area contributed by atoms with Gasteiger partial charge in [0, 0.05) is 0 Å². The Morgan fingerprint density at radius 3 is 3.30 bits per heavy atom. The van der Waals surface area contributed by atoms with E-state index in [0.717, 1.165) is 5.82 Å². The second-order valence-corrected chi connectivity index (χ2v) is 2.34. The fraction of sp³-hybridized carbons (Fsp3) is 0.400. The molecule has 0 saturated carbocycles. The molecular weight excluding hydrogens is 130 g/mol. The first kappa shape index (κ1) is 5.55. The van der Waals surface area contributed by atoms with Gasteiger partial charge in [-0.05, 0) is 6.92 Å². The molecule has 1 aromatic heterocycles. The Hall–Kier alpha value is -1.23. The predicted molar refractivity (Wildman–Crippen MR) is 38.1 cm³/mol. The Morgan fingerprint density at radius 2 is 2.60 bits per heavy atom. The number of hydrogen-bond acceptors (Lipinski definition) is 4. The van der Waals surface area contributed by atoms with Gasteiger partial charge in [-0.1, -0.05) is 0 Å². The highest BCUT2D eigenvalue weighted by molar-refractivity contribution is 5.61. The Morgan fingerprint density at radius 1 is 1.80 bits per heavy atom. The number of fused-ring (bicyclic) bond motifs is 1. The molecular formula is C5H9N5. The number of rotatable bonds is 0. The molecule has 2 heterocycles. The monoisotopic (exact) mass is 139 g/mol. The number of nitrogens with zero attached hydrogens (tertiary/aromatic N) is 2. The van der Waals surface area contributed by atoms with Gasteiger partial charge in [-0.25, -0.2) is 10.1 Å². The van der Waals surface area contributed by atoms with Gasteiger partial charge >= 0.3 is 0 Å². The normalized spacial score (nSPS) is 22.3. The van der Waals surface area contributed by atoms with Crippen LogP contribution in [-0.2, 0) is 0 Å². The van der Waals surface area contributed by atoms with Crippen molar-refractivity contribution in [2.24, 2.45) is 0 Å². The van der Waals surface area contributed by atoms with Crippen LogP contribution >= 0.6 is 0 Å². The Labute approximate surface area is 58.2 Å². The van der Waals surface area contributed by atoms with E-state index in [2.05, 4.69) is 16.0 Å². The lowest BCUT2D eigenvalue weighted by molar-refractivity contribution is 0.484. The highest BCUT2D eigenvalue weighted by atomic mass is 15.6. The summed E-state index contributed by atoms with van der Waals surface area (Å²) in [6.45, 7) is 2.00. The van der Waals surface area contributed by atoms with Crippen molar-refractivity contribution in [2.75, 3.05) is 11.2 Å². The Balaban J connectivity index is 2.53. The zero-order valence-corrected chi connectivity index (χ0v) is 5.63. The summed E-state index contributed by atoms with van der Waals surface area (Å²) in [5.74, 6) is 0.854. The van der Waals surface area contributed by atoms with E-state index in [1.165, 1.54) is 0 Å². The average Bonchev–Trinajstić information content (AvgIpc) is 2.41. The van der Waals surface area contributed by atoms with E-state index in [-0.39, 0.29) is 6.17 Å². The summed E-state index contributed by atoms with van der Waals surface area (Å²) in [5.41, 5.74) is 12.1. The van der Waals surface area contributed by atoms with Gasteiger partial charge in [0.2, 0.25) is 0 Å². The molecule has 5 heteroatoms. The minimum absolute atomic E-state index is 0.187. The molecule has 1 aliphatic rings. The summed E-state index contributed by atoms with van der Waals surface area (Å²) in [5, 5.41) is 4.04. The lowest BCUT2D eigenvalue weighted by Gasteiger charge is -2.00. The number of anilines is 2. The summed E-state index contributed by atoms with van der Waals surface area (Å²) in [4.78, 5) is 0. The smallest absolute Gasteiger partial charge is 0.163 e. The minimum atomic E-state index is 0.187. The van der Waals surface area contributed by atoms with Gasteiger partial charge in [0.25, 0.3) is 0 Å². The maximum Gasteiger partial charge on any atom is 0.163 e. The first-order valence-corrected chi connectivity index (χ1v) is 3.13. The van der Waals surface area contributed by atoms with Crippen molar-refractivity contribution in [3.8, 4) is 0 Å². The van der Waals surface area contributed by atoms with E-state index in [4.69, 9.17) is 5.73 Å². The largest absolute Gasteiger partial charge is 0.394 e. The van der Waals surface area contributed by atoms with E-state index < -0.39 is 0 Å². The third-order valence-electron chi connectivity index (χ3n) is 1.59. The van der Waals surface area contributed by atoms with Gasteiger partial charge in [0.1, 0.15) is 6.17 Å². The van der Waals surface area contributed by atoms with Crippen LogP contribution in [0.1, 0.15) is 13.1 Å². The third kappa shape index (κ3) is 0.522. The van der Waals surface area contributed by atoms with Crippen LogP contribution < -0.4 is 16.6 Å². The molecule has 0 amide bonds. The maximum absolute atomic E-state index is 5.57. The second-order valence-electron chi connectivity index (χ2n) is 2.34. The van der Waals surface area contributed by atoms with Crippen LogP contribution in [0, 0.1) is 0 Å². The molecule has 10 heavy (non-hydrogen) atoms. The molecule has 0 saturated heterocycles. The van der Waals surface area contributed by atoms with E-state index in [1.54, 1.807) is 10.9 Å². The molecule has 2 rings (SSSR count). The van der Waals surface area contributed by atoms with Gasteiger partial charge in [-0.3, -0.25) is 0 Å². The van der Waals surface area contributed by atoms with Gasteiger partial charge in [-0.15, -0.1) is 0 Å². The molecule has 1 aliphatic heterocycles. The predicted octanol–water partition coefficient (Wildman–Crippen LogP) is -0.0861. The number of nitrogens with one attached hydrogen (secondary N) is 2. The van der Waals surface area contributed by atoms with Crippen molar-refractivity contribution in [1.29, 1.82) is 0 Å². The fourth-order valence-corrected chi connectivity index (χ4v) is 1.03. The van der Waals surface area contributed by atoms with Crippen LogP contribution in [0.3, 0.4) is 0 Å². The average molecular weight is 139 g/mol. The summed E-state index contributed by atoms with van der Waals surface area (Å²) in [6, 6.07) is 0. The van der Waals surface area contributed by atoms with Crippen LogP contribution in [-0.4, -0.2) is 9.78 Å². The molecule has 1 unspecified atom stereocenters. The van der Waals surface area contributed by atoms with Crippen LogP contribution in [0.2, 0.25) is 0 Å². The third-order valence-corrected chi connectivity index (χ3v) is 1.59. The molecule has 0 bridgehead atoms. The Bertz CT molecular complexity index is 253. The first-order valence-electron chi connectivity index (χ1n) is 3.13. The number of hydrazine groups is 1. The van der Waals surface area contributed by atoms with Crippen LogP contribution in [0.15, 0.2) is 6.20 Å². The van der Waals surface area contributed by atoms with E-state index >= 15 is 0 Å². The first-order chi connectivity index (χ1) is 4.79. The zero-order valence-electron chi connectivity index (χ0n) is 5.63. The number of aromatic nitrogens is 2. The molecule has 1 atom stereocenters. The zero-order chi connectivity index (χ0) is 7.14. The summed E-state index contributed by atoms with van der Waals surface area (Å²) >= 11 is 0. The fourth-order valence-electron chi connectivity index (χ4n) is 1.03. The molecule has 0 radical (unpaired) electrons. The van der Waals surface area contributed by atoms with Crippen LogP contribution in [0.5, 0.6) is 0 Å². The van der Waals surface area contributed by atoms with Crippen molar-refractivity contribution in [3.05, 3.63) is 6.20 Å². The quantitative estimate of drug-likeness (QED) is 0.470. The van der Waals surface area contributed by atoms with Crippen molar-refractivity contribution in [1.82, 2.24) is 15.2 Å². The van der Waals surface area contributed by atoms with Crippen LogP contribution in [0.4, 0.5) is 11.5 Å². The highest BCUT2D eigenvalue weighted by Gasteiger charge is 2.19. The molecule has 1 aromatic rings. The van der Waals surface area contributed by atoms with Gasteiger partial charge in [0.05, 0.1) is 11.9 Å². The lowest BCUT2D eigenvalue weighted by Crippen LogP contribution is -2.19. The van der Waals surface area contributed by atoms with Gasteiger partial charge in [0.15, 0.2) is 5.82 Å². The van der Waals surface area contributed by atoms with Crippen molar-refractivity contribution >= 4 is 11.5 Å². The van der Waals surface area contributed by atoms with Gasteiger partial charge < -0.3 is 11.2 Å². The van der Waals surface area contributed by atoms with E-state index in [0.29, 0.717) is 5.69 Å². The van der Waals surface area contributed by atoms with Gasteiger partial charge in [-0.2, -0.15) is 5.10 Å². The van der Waals surface area contributed by atoms with Crippen molar-refractivity contribution in [3.63, 3.8) is 0 Å². The molecule has 4 N–H and O–H groups in total. The molecule has 0 aliphatic carbocycles. The molecule has 0 fully saturated rings. The summed E-state index contributed by atoms with van der Waals surface area (Å²) in [6.07, 6.45) is 1.83. The molecule has 0 spiro atoms. The lowest BCUT2D eigenvalue weighted by atomic mass is 10.5. The molecule has 0 aromatic carbocycles. The summed E-state index contributed by atoms with van der Waals surface area (Å²) < 4.78 is 1.80. The Kier molecular flexibility index (Phi) is 0.906. The highest BCUT2D eigenvalue weighted by Crippen LogP contribution is 2.23. The standard InChI is InChI=1S/C5H9N5/c1-3-8-9-5-4(6)2-7-10(3)5/h2-3,8-9H,6H2,1H3. The second kappa shape index (κ2) is 1.63. The number of nitrogens with two attached hydrogens (primary N) is 1. The topological polar surface area (TPSA) is 67.9 Å². The van der Waals surface area contributed by atoms with Crippen molar-refractivity contribution < 1.29 is 0 Å².